The van der Waals surface area contributed by atoms with Gasteiger partial charge in [-0.2, -0.15) is 4.98 Å². The first kappa shape index (κ1) is 14.6. The van der Waals surface area contributed by atoms with E-state index in [-0.39, 0.29) is 0 Å². The highest BCUT2D eigenvalue weighted by atomic mass is 16.5. The van der Waals surface area contributed by atoms with E-state index in [1.54, 1.807) is 21.3 Å². The van der Waals surface area contributed by atoms with Gasteiger partial charge in [-0.15, -0.1) is 0 Å². The molecule has 0 amide bonds. The van der Waals surface area contributed by atoms with Gasteiger partial charge in [-0.25, -0.2) is 4.98 Å². The number of rotatable bonds is 4. The Balaban J connectivity index is 2.12. The topological polar surface area (TPSA) is 65.9 Å². The van der Waals surface area contributed by atoms with E-state index in [0.717, 1.165) is 24.0 Å². The van der Waals surface area contributed by atoms with Crippen LogP contribution in [0.25, 0.3) is 10.9 Å². The minimum atomic E-state index is 0.521. The number of ether oxygens (including phenoxy) is 4. The van der Waals surface area contributed by atoms with Crippen LogP contribution in [0.2, 0.25) is 0 Å². The summed E-state index contributed by atoms with van der Waals surface area (Å²) in [5.41, 5.74) is 0.756. The minimum Gasteiger partial charge on any atom is -0.493 e. The summed E-state index contributed by atoms with van der Waals surface area (Å²) in [6.45, 7) is 2.88. The number of benzene rings is 1. The maximum absolute atomic E-state index is 5.43. The second kappa shape index (κ2) is 6.23. The van der Waals surface area contributed by atoms with Crippen LogP contribution in [-0.4, -0.2) is 57.6 Å². The zero-order valence-corrected chi connectivity index (χ0v) is 13.0. The predicted octanol–water partition coefficient (Wildman–Crippen LogP) is 1.49. The van der Waals surface area contributed by atoms with Gasteiger partial charge >= 0.3 is 0 Å². The molecule has 0 aliphatic carbocycles. The maximum atomic E-state index is 5.43. The minimum absolute atomic E-state index is 0.521. The van der Waals surface area contributed by atoms with Crippen LogP contribution in [0.5, 0.6) is 17.4 Å². The Morgan fingerprint density at radius 3 is 2.27 bits per heavy atom. The number of fused-ring (bicyclic) bond motifs is 1. The summed E-state index contributed by atoms with van der Waals surface area (Å²) in [6, 6.07) is 3.67. The third kappa shape index (κ3) is 2.59. The van der Waals surface area contributed by atoms with Crippen molar-refractivity contribution in [1.82, 2.24) is 9.97 Å². The standard InChI is InChI=1S/C15H19N3O4/c1-19-12-8-10-11(9-13(12)20-2)16-15(17-14(10)21-3)18-4-6-22-7-5-18/h8-9H,4-7H2,1-3H3. The van der Waals surface area contributed by atoms with Gasteiger partial charge in [0.1, 0.15) is 0 Å². The molecule has 0 spiro atoms. The largest absolute Gasteiger partial charge is 0.493 e. The Morgan fingerprint density at radius 2 is 1.64 bits per heavy atom. The fourth-order valence-corrected chi connectivity index (χ4v) is 2.48. The summed E-state index contributed by atoms with van der Waals surface area (Å²) in [4.78, 5) is 11.2. The third-order valence-corrected chi connectivity index (χ3v) is 3.64. The molecule has 7 nitrogen and oxygen atoms in total. The summed E-state index contributed by atoms with van der Waals surface area (Å²) in [6.07, 6.45) is 0. The van der Waals surface area contributed by atoms with E-state index in [1.165, 1.54) is 0 Å². The number of hydrogen-bond acceptors (Lipinski definition) is 7. The zero-order chi connectivity index (χ0) is 15.5. The molecule has 0 unspecified atom stereocenters. The molecule has 2 heterocycles. The lowest BCUT2D eigenvalue weighted by molar-refractivity contribution is 0.122. The summed E-state index contributed by atoms with van der Waals surface area (Å²) in [5.74, 6) is 2.41. The molecule has 3 rings (SSSR count). The van der Waals surface area contributed by atoms with Gasteiger partial charge in [0.05, 0.1) is 45.4 Å². The van der Waals surface area contributed by atoms with E-state index in [2.05, 4.69) is 14.9 Å². The van der Waals surface area contributed by atoms with E-state index < -0.39 is 0 Å². The lowest BCUT2D eigenvalue weighted by Crippen LogP contribution is -2.37. The quantitative estimate of drug-likeness (QED) is 0.848. The van der Waals surface area contributed by atoms with Crippen LogP contribution in [0.4, 0.5) is 5.95 Å². The molecule has 118 valence electrons. The highest BCUT2D eigenvalue weighted by Crippen LogP contribution is 2.35. The van der Waals surface area contributed by atoms with Crippen LogP contribution in [0.1, 0.15) is 0 Å². The Morgan fingerprint density at radius 1 is 0.955 bits per heavy atom. The summed E-state index contributed by atoms with van der Waals surface area (Å²) < 4.78 is 21.5. The van der Waals surface area contributed by atoms with Crippen LogP contribution in [0, 0.1) is 0 Å². The van der Waals surface area contributed by atoms with Crippen molar-refractivity contribution in [2.75, 3.05) is 52.5 Å². The molecular weight excluding hydrogens is 286 g/mol. The fraction of sp³-hybridized carbons (Fsp3) is 0.467. The summed E-state index contributed by atoms with van der Waals surface area (Å²) in [7, 11) is 4.80. The molecule has 0 saturated carbocycles. The van der Waals surface area contributed by atoms with Crippen molar-refractivity contribution in [1.29, 1.82) is 0 Å². The molecular formula is C15H19N3O4. The molecule has 1 aliphatic rings. The van der Waals surface area contributed by atoms with Crippen molar-refractivity contribution in [3.63, 3.8) is 0 Å². The Labute approximate surface area is 128 Å². The first-order valence-corrected chi connectivity index (χ1v) is 7.07. The second-order valence-corrected chi connectivity index (χ2v) is 4.86. The second-order valence-electron chi connectivity index (χ2n) is 4.86. The van der Waals surface area contributed by atoms with E-state index in [0.29, 0.717) is 36.5 Å². The predicted molar refractivity (Wildman–Crippen MR) is 82.2 cm³/mol. The molecule has 1 saturated heterocycles. The number of methoxy groups -OCH3 is 3. The van der Waals surface area contributed by atoms with Crippen molar-refractivity contribution in [3.8, 4) is 17.4 Å². The SMILES string of the molecule is COc1cc2nc(N3CCOCC3)nc(OC)c2cc1OC. The first-order chi connectivity index (χ1) is 10.8. The number of nitrogens with zero attached hydrogens (tertiary/aromatic N) is 3. The number of hydrogen-bond donors (Lipinski definition) is 0. The molecule has 0 bridgehead atoms. The van der Waals surface area contributed by atoms with Gasteiger partial charge in [-0.05, 0) is 6.07 Å². The molecule has 1 aromatic heterocycles. The molecule has 0 N–H and O–H groups in total. The Kier molecular flexibility index (Phi) is 4.15. The highest BCUT2D eigenvalue weighted by molar-refractivity contribution is 5.88. The van der Waals surface area contributed by atoms with Gasteiger partial charge in [-0.3, -0.25) is 0 Å². The smallest absolute Gasteiger partial charge is 0.229 e. The molecule has 1 aliphatic heterocycles. The van der Waals surface area contributed by atoms with Crippen LogP contribution in [0.15, 0.2) is 12.1 Å². The number of anilines is 1. The van der Waals surface area contributed by atoms with Gasteiger partial charge in [0.15, 0.2) is 11.5 Å². The summed E-state index contributed by atoms with van der Waals surface area (Å²) in [5, 5.41) is 0.789. The van der Waals surface area contributed by atoms with Gasteiger partial charge in [0, 0.05) is 19.2 Å². The van der Waals surface area contributed by atoms with Crippen molar-refractivity contribution >= 4 is 16.9 Å². The van der Waals surface area contributed by atoms with Gasteiger partial charge in [0.25, 0.3) is 0 Å². The molecule has 1 aromatic carbocycles. The highest BCUT2D eigenvalue weighted by Gasteiger charge is 2.18. The third-order valence-electron chi connectivity index (χ3n) is 3.64. The molecule has 0 radical (unpaired) electrons. The van der Waals surface area contributed by atoms with Crippen LogP contribution < -0.4 is 19.1 Å². The van der Waals surface area contributed by atoms with E-state index >= 15 is 0 Å². The Bertz CT molecular complexity index is 671. The Hall–Kier alpha value is -2.28. The van der Waals surface area contributed by atoms with Crippen LogP contribution in [-0.2, 0) is 4.74 Å². The van der Waals surface area contributed by atoms with Crippen molar-refractivity contribution < 1.29 is 18.9 Å². The van der Waals surface area contributed by atoms with Gasteiger partial charge < -0.3 is 23.8 Å². The molecule has 1 fully saturated rings. The average Bonchev–Trinajstić information content (AvgIpc) is 2.60. The molecule has 22 heavy (non-hydrogen) atoms. The molecule has 2 aromatic rings. The monoisotopic (exact) mass is 305 g/mol. The van der Waals surface area contributed by atoms with Crippen LogP contribution in [0.3, 0.4) is 0 Å². The number of aromatic nitrogens is 2. The van der Waals surface area contributed by atoms with E-state index in [4.69, 9.17) is 18.9 Å². The van der Waals surface area contributed by atoms with Crippen LogP contribution >= 0.6 is 0 Å². The first-order valence-electron chi connectivity index (χ1n) is 7.07. The van der Waals surface area contributed by atoms with Gasteiger partial charge in [-0.1, -0.05) is 0 Å². The van der Waals surface area contributed by atoms with Crippen molar-refractivity contribution in [3.05, 3.63) is 12.1 Å². The van der Waals surface area contributed by atoms with E-state index in [1.807, 2.05) is 12.1 Å². The van der Waals surface area contributed by atoms with Crippen molar-refractivity contribution in [2.24, 2.45) is 0 Å². The van der Waals surface area contributed by atoms with E-state index in [9.17, 15) is 0 Å². The summed E-state index contributed by atoms with van der Waals surface area (Å²) >= 11 is 0. The van der Waals surface area contributed by atoms with Crippen molar-refractivity contribution in [2.45, 2.75) is 0 Å². The normalized spacial score (nSPS) is 15.0. The fourth-order valence-electron chi connectivity index (χ4n) is 2.48. The average molecular weight is 305 g/mol. The lowest BCUT2D eigenvalue weighted by Gasteiger charge is -2.27. The van der Waals surface area contributed by atoms with Gasteiger partial charge in [0.2, 0.25) is 11.8 Å². The molecule has 0 atom stereocenters. The lowest BCUT2D eigenvalue weighted by atomic mass is 10.2. The molecule has 7 heteroatoms. The number of morpholine rings is 1. The zero-order valence-electron chi connectivity index (χ0n) is 13.0. The maximum Gasteiger partial charge on any atom is 0.229 e.